The highest BCUT2D eigenvalue weighted by Gasteiger charge is 2.41. The molecule has 0 saturated heterocycles. The zero-order valence-electron chi connectivity index (χ0n) is 17.9. The molecule has 29 heavy (non-hydrogen) atoms. The molecule has 1 atom stereocenters. The molecule has 2 aliphatic carbocycles. The zero-order chi connectivity index (χ0) is 20.6. The van der Waals surface area contributed by atoms with Crippen molar-refractivity contribution in [1.82, 2.24) is 14.5 Å². The van der Waals surface area contributed by atoms with Gasteiger partial charge in [-0.1, -0.05) is 26.2 Å². The molecule has 0 bridgehead atoms. The fourth-order valence-electron chi connectivity index (χ4n) is 5.40. The lowest BCUT2D eigenvalue weighted by molar-refractivity contribution is -0.0325. The quantitative estimate of drug-likeness (QED) is 0.788. The van der Waals surface area contributed by atoms with Crippen molar-refractivity contribution < 1.29 is 15.0 Å². The maximum Gasteiger partial charge on any atom is 0.277 e. The van der Waals surface area contributed by atoms with Crippen molar-refractivity contribution in [3.8, 4) is 0 Å². The average molecular weight is 405 g/mol. The minimum absolute atomic E-state index is 0.116. The summed E-state index contributed by atoms with van der Waals surface area (Å²) in [7, 11) is 1.80. The number of amides is 1. The fraction of sp³-hybridized carbons (Fsp3) is 0.818. The monoisotopic (exact) mass is 404 g/mol. The van der Waals surface area contributed by atoms with Crippen molar-refractivity contribution in [1.29, 1.82) is 0 Å². The summed E-state index contributed by atoms with van der Waals surface area (Å²) in [4.78, 5) is 21.2. The summed E-state index contributed by atoms with van der Waals surface area (Å²) in [5, 5.41) is 21.3. The molecule has 1 amide bonds. The van der Waals surface area contributed by atoms with Crippen molar-refractivity contribution >= 4 is 11.7 Å². The van der Waals surface area contributed by atoms with Crippen LogP contribution in [-0.4, -0.2) is 56.1 Å². The number of fused-ring (bicyclic) bond motifs is 1. The van der Waals surface area contributed by atoms with Gasteiger partial charge in [0.25, 0.3) is 5.91 Å². The normalized spacial score (nSPS) is 31.2. The van der Waals surface area contributed by atoms with Gasteiger partial charge in [-0.3, -0.25) is 9.69 Å². The Morgan fingerprint density at radius 1 is 1.10 bits per heavy atom. The van der Waals surface area contributed by atoms with Crippen LogP contribution < -0.4 is 4.90 Å². The van der Waals surface area contributed by atoms with E-state index in [2.05, 4.69) is 4.98 Å². The van der Waals surface area contributed by atoms with E-state index in [1.807, 2.05) is 11.5 Å². The lowest BCUT2D eigenvalue weighted by atomic mass is 9.77. The second kappa shape index (κ2) is 8.26. The van der Waals surface area contributed by atoms with Crippen molar-refractivity contribution in [2.24, 2.45) is 11.8 Å². The highest BCUT2D eigenvalue weighted by Crippen LogP contribution is 2.37. The van der Waals surface area contributed by atoms with Crippen LogP contribution in [0.5, 0.6) is 0 Å². The van der Waals surface area contributed by atoms with Gasteiger partial charge in [-0.25, -0.2) is 4.98 Å². The van der Waals surface area contributed by atoms with Crippen LogP contribution in [0.15, 0.2) is 6.33 Å². The first-order valence-electron chi connectivity index (χ1n) is 11.4. The number of carbonyl (C=O) groups is 1. The molecule has 4 rings (SSSR count). The predicted molar refractivity (Wildman–Crippen MR) is 111 cm³/mol. The van der Waals surface area contributed by atoms with Crippen LogP contribution in [0.2, 0.25) is 0 Å². The largest absolute Gasteiger partial charge is 0.390 e. The third-order valence-electron chi connectivity index (χ3n) is 7.57. The van der Waals surface area contributed by atoms with Crippen LogP contribution >= 0.6 is 0 Å². The van der Waals surface area contributed by atoms with E-state index in [-0.39, 0.29) is 5.91 Å². The molecule has 2 fully saturated rings. The molecule has 2 N–H and O–H groups in total. The molecule has 2 heterocycles. The van der Waals surface area contributed by atoms with Gasteiger partial charge in [0, 0.05) is 20.1 Å². The molecule has 7 heteroatoms. The first kappa shape index (κ1) is 20.7. The number of imidazole rings is 1. The maximum atomic E-state index is 13.4. The maximum absolute atomic E-state index is 13.4. The van der Waals surface area contributed by atoms with Gasteiger partial charge in [-0.2, -0.15) is 0 Å². The lowest BCUT2D eigenvalue weighted by Crippen LogP contribution is -2.56. The van der Waals surface area contributed by atoms with Crippen LogP contribution in [0.25, 0.3) is 0 Å². The van der Waals surface area contributed by atoms with E-state index in [0.717, 1.165) is 38.6 Å². The molecule has 3 aliphatic rings. The Hall–Kier alpha value is -1.60. The Morgan fingerprint density at radius 2 is 1.76 bits per heavy atom. The molecule has 1 aromatic rings. The molecular formula is C22H36N4O3. The molecule has 0 spiro atoms. The Bertz CT molecular complexity index is 720. The van der Waals surface area contributed by atoms with Crippen LogP contribution in [-0.2, 0) is 6.54 Å². The van der Waals surface area contributed by atoms with Gasteiger partial charge in [0.05, 0.1) is 11.9 Å². The molecule has 1 unspecified atom stereocenters. The number of aliphatic hydroxyl groups excluding tert-OH is 1. The van der Waals surface area contributed by atoms with E-state index in [0.29, 0.717) is 29.9 Å². The second-order valence-electron chi connectivity index (χ2n) is 9.51. The third-order valence-corrected chi connectivity index (χ3v) is 7.57. The van der Waals surface area contributed by atoms with E-state index in [4.69, 9.17) is 0 Å². The number of aromatic nitrogens is 2. The first-order valence-corrected chi connectivity index (χ1v) is 11.4. The third kappa shape index (κ3) is 4.04. The molecular weight excluding hydrogens is 368 g/mol. The van der Waals surface area contributed by atoms with E-state index < -0.39 is 12.0 Å². The van der Waals surface area contributed by atoms with Crippen molar-refractivity contribution in [3.05, 3.63) is 12.0 Å². The van der Waals surface area contributed by atoms with E-state index >= 15 is 0 Å². The van der Waals surface area contributed by atoms with Crippen LogP contribution in [0.3, 0.4) is 0 Å². The second-order valence-corrected chi connectivity index (χ2v) is 9.51. The van der Waals surface area contributed by atoms with Crippen molar-refractivity contribution in [2.75, 3.05) is 18.5 Å². The van der Waals surface area contributed by atoms with Gasteiger partial charge in [0.15, 0.2) is 11.5 Å². The molecule has 7 nitrogen and oxygen atoms in total. The van der Waals surface area contributed by atoms with Gasteiger partial charge < -0.3 is 19.7 Å². The Morgan fingerprint density at radius 3 is 2.41 bits per heavy atom. The van der Waals surface area contributed by atoms with Gasteiger partial charge in [0.2, 0.25) is 6.35 Å². The van der Waals surface area contributed by atoms with Gasteiger partial charge >= 0.3 is 0 Å². The topological polar surface area (TPSA) is 81.8 Å². The standard InChI is InChI=1S/C22H36N4O3/c1-3-22(29)11-9-17(10-12-22)14-26-20(27)18-19(24(2)21(26)28)23-15-25(18)13-16-7-5-4-6-8-16/h15-17,21,28-29H,3-14H2,1-2H3. The molecule has 0 radical (unpaired) electrons. The van der Waals surface area contributed by atoms with Gasteiger partial charge in [0.1, 0.15) is 0 Å². The molecule has 1 aromatic heterocycles. The van der Waals surface area contributed by atoms with Crippen molar-refractivity contribution in [3.63, 3.8) is 0 Å². The summed E-state index contributed by atoms with van der Waals surface area (Å²) in [6.07, 6.45) is 11.2. The highest BCUT2D eigenvalue weighted by molar-refractivity contribution is 5.99. The average Bonchev–Trinajstić information content (AvgIpc) is 3.15. The minimum atomic E-state index is -0.986. The molecule has 162 valence electrons. The Balaban J connectivity index is 1.49. The number of nitrogens with zero attached hydrogens (tertiary/aromatic N) is 4. The Labute approximate surface area is 173 Å². The number of rotatable bonds is 5. The summed E-state index contributed by atoms with van der Waals surface area (Å²) in [6.45, 7) is 3.39. The summed E-state index contributed by atoms with van der Waals surface area (Å²) < 4.78 is 2.01. The SMILES string of the molecule is CCC1(O)CCC(CN2C(=O)c3c(ncn3CC3CCCCC3)N(C)C2O)CC1. The molecule has 2 saturated carbocycles. The van der Waals surface area contributed by atoms with Crippen LogP contribution in [0.1, 0.15) is 81.6 Å². The lowest BCUT2D eigenvalue weighted by Gasteiger charge is -2.42. The summed E-state index contributed by atoms with van der Waals surface area (Å²) in [5.74, 6) is 1.38. The minimum Gasteiger partial charge on any atom is -0.390 e. The number of hydrogen-bond acceptors (Lipinski definition) is 5. The van der Waals surface area contributed by atoms with E-state index in [9.17, 15) is 15.0 Å². The number of anilines is 1. The number of hydrogen-bond donors (Lipinski definition) is 2. The van der Waals surface area contributed by atoms with Gasteiger partial charge in [-0.05, 0) is 56.8 Å². The number of aliphatic hydroxyl groups is 2. The van der Waals surface area contributed by atoms with Crippen LogP contribution in [0.4, 0.5) is 5.82 Å². The summed E-state index contributed by atoms with van der Waals surface area (Å²) in [6, 6.07) is 0. The summed E-state index contributed by atoms with van der Waals surface area (Å²) in [5.41, 5.74) is 0.0631. The van der Waals surface area contributed by atoms with Gasteiger partial charge in [-0.15, -0.1) is 0 Å². The molecule has 0 aromatic carbocycles. The highest BCUT2D eigenvalue weighted by atomic mass is 16.3. The zero-order valence-corrected chi connectivity index (χ0v) is 17.9. The fourth-order valence-corrected chi connectivity index (χ4v) is 5.40. The van der Waals surface area contributed by atoms with Crippen LogP contribution in [0, 0.1) is 11.8 Å². The molecule has 1 aliphatic heterocycles. The smallest absolute Gasteiger partial charge is 0.277 e. The van der Waals surface area contributed by atoms with E-state index in [1.165, 1.54) is 32.1 Å². The predicted octanol–water partition coefficient (Wildman–Crippen LogP) is 2.96. The van der Waals surface area contributed by atoms with Crippen molar-refractivity contribution in [2.45, 2.75) is 89.6 Å². The summed E-state index contributed by atoms with van der Waals surface area (Å²) >= 11 is 0. The number of carbonyl (C=O) groups excluding carboxylic acids is 1. The van der Waals surface area contributed by atoms with E-state index in [1.54, 1.807) is 23.2 Å². The Kier molecular flexibility index (Phi) is 5.89. The first-order chi connectivity index (χ1) is 13.9.